The first kappa shape index (κ1) is 19.9. The number of para-hydroxylation sites is 1. The van der Waals surface area contributed by atoms with E-state index < -0.39 is 5.91 Å². The van der Waals surface area contributed by atoms with Gasteiger partial charge in [-0.05, 0) is 37.5 Å². The minimum Gasteiger partial charge on any atom is -0.483 e. The van der Waals surface area contributed by atoms with E-state index in [1.54, 1.807) is 24.3 Å². The van der Waals surface area contributed by atoms with Crippen molar-refractivity contribution in [2.45, 2.75) is 25.9 Å². The molecule has 0 aromatic heterocycles. The van der Waals surface area contributed by atoms with Gasteiger partial charge in [0.05, 0.1) is 11.7 Å². The lowest BCUT2D eigenvalue weighted by molar-refractivity contribution is -0.119. The van der Waals surface area contributed by atoms with E-state index in [9.17, 15) is 9.59 Å². The first-order chi connectivity index (χ1) is 13.5. The van der Waals surface area contributed by atoms with E-state index >= 15 is 0 Å². The molecular formula is C22H26N2O4. The van der Waals surface area contributed by atoms with Gasteiger partial charge in [-0.15, -0.1) is 0 Å². The lowest BCUT2D eigenvalue weighted by Crippen LogP contribution is -2.35. The molecule has 0 bridgehead atoms. The van der Waals surface area contributed by atoms with Gasteiger partial charge >= 0.3 is 0 Å². The average molecular weight is 382 g/mol. The highest BCUT2D eigenvalue weighted by Crippen LogP contribution is 2.33. The minimum atomic E-state index is -0.587. The molecule has 28 heavy (non-hydrogen) atoms. The van der Waals surface area contributed by atoms with Crippen LogP contribution in [-0.4, -0.2) is 31.6 Å². The standard InChI is InChI=1S/C22H26N2O4/c1-15-8-10-16(11-9-15)21-17(5-4-12-27-21)13-24-22(26)18-6-2-3-7-19(18)28-14-20(23)25/h2-3,6-11,17,21H,4-5,12-14H2,1H3,(H2,23,25)(H,24,26). The topological polar surface area (TPSA) is 90.7 Å². The summed E-state index contributed by atoms with van der Waals surface area (Å²) in [5.74, 6) is -0.295. The highest BCUT2D eigenvalue weighted by atomic mass is 16.5. The summed E-state index contributed by atoms with van der Waals surface area (Å²) in [6, 6.07) is 15.2. The van der Waals surface area contributed by atoms with Gasteiger partial charge in [-0.2, -0.15) is 0 Å². The normalized spacial score (nSPS) is 19.0. The van der Waals surface area contributed by atoms with Gasteiger partial charge in [0.1, 0.15) is 5.75 Å². The molecule has 1 aliphatic heterocycles. The van der Waals surface area contributed by atoms with Crippen molar-refractivity contribution in [3.63, 3.8) is 0 Å². The number of ether oxygens (including phenoxy) is 2. The van der Waals surface area contributed by atoms with E-state index in [0.717, 1.165) is 25.0 Å². The van der Waals surface area contributed by atoms with Crippen LogP contribution in [0.25, 0.3) is 0 Å². The summed E-state index contributed by atoms with van der Waals surface area (Å²) >= 11 is 0. The largest absolute Gasteiger partial charge is 0.483 e. The Kier molecular flexibility index (Phi) is 6.66. The lowest BCUT2D eigenvalue weighted by atomic mass is 9.89. The van der Waals surface area contributed by atoms with Crippen LogP contribution in [0.4, 0.5) is 0 Å². The molecule has 6 heteroatoms. The van der Waals surface area contributed by atoms with E-state index in [0.29, 0.717) is 17.9 Å². The fourth-order valence-corrected chi connectivity index (χ4v) is 3.42. The molecule has 2 unspecified atom stereocenters. The molecule has 2 aromatic rings. The van der Waals surface area contributed by atoms with Crippen LogP contribution in [0.2, 0.25) is 0 Å². The average Bonchev–Trinajstić information content (AvgIpc) is 2.71. The number of benzene rings is 2. The van der Waals surface area contributed by atoms with Gasteiger partial charge in [0.15, 0.2) is 6.61 Å². The Labute approximate surface area is 165 Å². The number of carbonyl (C=O) groups excluding carboxylic acids is 2. The Morgan fingerprint density at radius 3 is 2.68 bits per heavy atom. The molecule has 0 radical (unpaired) electrons. The summed E-state index contributed by atoms with van der Waals surface area (Å²) in [4.78, 5) is 23.7. The van der Waals surface area contributed by atoms with E-state index in [1.807, 2.05) is 0 Å². The van der Waals surface area contributed by atoms with Crippen LogP contribution in [0.5, 0.6) is 5.75 Å². The predicted octanol–water partition coefficient (Wildman–Crippen LogP) is 2.76. The monoisotopic (exact) mass is 382 g/mol. The van der Waals surface area contributed by atoms with E-state index in [-0.39, 0.29) is 24.5 Å². The van der Waals surface area contributed by atoms with Crippen molar-refractivity contribution in [3.8, 4) is 5.75 Å². The quantitative estimate of drug-likeness (QED) is 0.770. The Balaban J connectivity index is 1.66. The smallest absolute Gasteiger partial charge is 0.255 e. The number of rotatable bonds is 7. The molecule has 3 N–H and O–H groups in total. The number of primary amides is 1. The fourth-order valence-electron chi connectivity index (χ4n) is 3.42. The summed E-state index contributed by atoms with van der Waals surface area (Å²) in [6.07, 6.45) is 1.93. The molecular weight excluding hydrogens is 356 g/mol. The van der Waals surface area contributed by atoms with Crippen molar-refractivity contribution in [3.05, 3.63) is 65.2 Å². The minimum absolute atomic E-state index is 0.0315. The highest BCUT2D eigenvalue weighted by Gasteiger charge is 2.28. The van der Waals surface area contributed by atoms with Crippen LogP contribution in [-0.2, 0) is 9.53 Å². The third-order valence-corrected chi connectivity index (χ3v) is 4.88. The Morgan fingerprint density at radius 1 is 1.18 bits per heavy atom. The van der Waals surface area contributed by atoms with Crippen molar-refractivity contribution in [1.82, 2.24) is 5.32 Å². The molecule has 0 spiro atoms. The van der Waals surface area contributed by atoms with Crippen LogP contribution in [0, 0.1) is 12.8 Å². The number of amides is 2. The maximum absolute atomic E-state index is 12.7. The molecule has 2 atom stereocenters. The van der Waals surface area contributed by atoms with Gasteiger partial charge in [-0.25, -0.2) is 0 Å². The molecule has 148 valence electrons. The molecule has 1 heterocycles. The van der Waals surface area contributed by atoms with Crippen LogP contribution in [0.3, 0.4) is 0 Å². The number of hydrogen-bond donors (Lipinski definition) is 2. The van der Waals surface area contributed by atoms with Crippen molar-refractivity contribution in [1.29, 1.82) is 0 Å². The van der Waals surface area contributed by atoms with E-state index in [2.05, 4.69) is 36.5 Å². The fraction of sp³-hybridized carbons (Fsp3) is 0.364. The lowest BCUT2D eigenvalue weighted by Gasteiger charge is -2.32. The third-order valence-electron chi connectivity index (χ3n) is 4.88. The summed E-state index contributed by atoms with van der Waals surface area (Å²) in [7, 11) is 0. The second kappa shape index (κ2) is 9.37. The number of aryl methyl sites for hydroxylation is 1. The number of hydrogen-bond acceptors (Lipinski definition) is 4. The zero-order valence-electron chi connectivity index (χ0n) is 16.0. The van der Waals surface area contributed by atoms with Gasteiger partial charge in [0.25, 0.3) is 11.8 Å². The van der Waals surface area contributed by atoms with Gasteiger partial charge in [0.2, 0.25) is 0 Å². The molecule has 3 rings (SSSR count). The van der Waals surface area contributed by atoms with Gasteiger partial charge in [-0.3, -0.25) is 9.59 Å². The Bertz CT molecular complexity index is 820. The Hall–Kier alpha value is -2.86. The molecule has 1 aliphatic rings. The van der Waals surface area contributed by atoms with Crippen LogP contribution < -0.4 is 15.8 Å². The van der Waals surface area contributed by atoms with E-state index in [4.69, 9.17) is 15.2 Å². The first-order valence-electron chi connectivity index (χ1n) is 9.51. The van der Waals surface area contributed by atoms with Crippen molar-refractivity contribution < 1.29 is 19.1 Å². The molecule has 1 fully saturated rings. The summed E-state index contributed by atoms with van der Waals surface area (Å²) in [6.45, 7) is 3.02. The van der Waals surface area contributed by atoms with Crippen LogP contribution in [0.1, 0.15) is 40.4 Å². The molecule has 2 aromatic carbocycles. The zero-order chi connectivity index (χ0) is 19.9. The summed E-state index contributed by atoms with van der Waals surface area (Å²) in [5.41, 5.74) is 7.85. The van der Waals surface area contributed by atoms with Gasteiger partial charge in [-0.1, -0.05) is 42.0 Å². The number of carbonyl (C=O) groups is 2. The van der Waals surface area contributed by atoms with Crippen LogP contribution in [0.15, 0.2) is 48.5 Å². The van der Waals surface area contributed by atoms with Crippen molar-refractivity contribution >= 4 is 11.8 Å². The highest BCUT2D eigenvalue weighted by molar-refractivity contribution is 5.97. The predicted molar refractivity (Wildman–Crippen MR) is 106 cm³/mol. The molecule has 0 aliphatic carbocycles. The van der Waals surface area contributed by atoms with Crippen LogP contribution >= 0.6 is 0 Å². The number of nitrogens with one attached hydrogen (secondary N) is 1. The maximum Gasteiger partial charge on any atom is 0.255 e. The molecule has 1 saturated heterocycles. The summed E-state index contributed by atoms with van der Waals surface area (Å²) < 4.78 is 11.4. The van der Waals surface area contributed by atoms with Crippen molar-refractivity contribution in [2.75, 3.05) is 19.8 Å². The molecule has 6 nitrogen and oxygen atoms in total. The van der Waals surface area contributed by atoms with Crippen molar-refractivity contribution in [2.24, 2.45) is 11.7 Å². The van der Waals surface area contributed by atoms with Gasteiger partial charge < -0.3 is 20.5 Å². The second-order valence-corrected chi connectivity index (χ2v) is 7.07. The maximum atomic E-state index is 12.7. The summed E-state index contributed by atoms with van der Waals surface area (Å²) in [5, 5.41) is 2.99. The Morgan fingerprint density at radius 2 is 1.93 bits per heavy atom. The SMILES string of the molecule is Cc1ccc(C2OCCCC2CNC(=O)c2ccccc2OCC(N)=O)cc1. The number of nitrogens with two attached hydrogens (primary N) is 1. The second-order valence-electron chi connectivity index (χ2n) is 7.07. The molecule has 2 amide bonds. The third kappa shape index (κ3) is 5.10. The first-order valence-corrected chi connectivity index (χ1v) is 9.51. The zero-order valence-corrected chi connectivity index (χ0v) is 16.0. The van der Waals surface area contributed by atoms with Gasteiger partial charge in [0, 0.05) is 19.1 Å². The molecule has 0 saturated carbocycles. The van der Waals surface area contributed by atoms with E-state index in [1.165, 1.54) is 5.56 Å².